The second-order valence-corrected chi connectivity index (χ2v) is 7.16. The van der Waals surface area contributed by atoms with E-state index in [4.69, 9.17) is 5.11 Å². The molecule has 0 aromatic heterocycles. The Kier molecular flexibility index (Phi) is 4.88. The molecule has 1 aliphatic rings. The first-order valence-corrected chi connectivity index (χ1v) is 8.52. The molecule has 1 aromatic carbocycles. The number of nitrogens with zero attached hydrogens (tertiary/aromatic N) is 1. The summed E-state index contributed by atoms with van der Waals surface area (Å²) in [5, 5.41) is 8.60. The monoisotopic (exact) mass is 297 g/mol. The smallest absolute Gasteiger partial charge is 0.243 e. The Morgan fingerprint density at radius 3 is 2.42 bits per heavy atom. The van der Waals surface area contributed by atoms with Gasteiger partial charge in [-0.15, -0.1) is 0 Å². The molecular formula is C13H15NO3S2. The van der Waals surface area contributed by atoms with Crippen LogP contribution in [0.2, 0.25) is 0 Å². The van der Waals surface area contributed by atoms with Crippen molar-refractivity contribution in [2.24, 2.45) is 0 Å². The first-order valence-electron chi connectivity index (χ1n) is 5.92. The number of rotatable bonds is 2. The summed E-state index contributed by atoms with van der Waals surface area (Å²) in [6, 6.07) is 6.46. The summed E-state index contributed by atoms with van der Waals surface area (Å²) in [7, 11) is -3.38. The highest BCUT2D eigenvalue weighted by molar-refractivity contribution is 7.99. The highest BCUT2D eigenvalue weighted by atomic mass is 32.2. The highest BCUT2D eigenvalue weighted by Gasteiger charge is 2.25. The number of aliphatic hydroxyl groups is 1. The lowest BCUT2D eigenvalue weighted by Crippen LogP contribution is -2.37. The topological polar surface area (TPSA) is 57.6 Å². The minimum atomic E-state index is -3.38. The molecule has 19 heavy (non-hydrogen) atoms. The van der Waals surface area contributed by atoms with Crippen LogP contribution in [0.15, 0.2) is 29.2 Å². The van der Waals surface area contributed by atoms with E-state index in [1.807, 2.05) is 0 Å². The quantitative estimate of drug-likeness (QED) is 0.819. The molecule has 0 radical (unpaired) electrons. The first kappa shape index (κ1) is 14.4. The third kappa shape index (κ3) is 3.51. The third-order valence-corrected chi connectivity index (χ3v) is 5.63. The largest absolute Gasteiger partial charge is 0.384 e. The molecule has 0 atom stereocenters. The Labute approximate surface area is 117 Å². The van der Waals surface area contributed by atoms with Crippen molar-refractivity contribution in [3.63, 3.8) is 0 Å². The van der Waals surface area contributed by atoms with Crippen molar-refractivity contribution in [2.75, 3.05) is 31.2 Å². The van der Waals surface area contributed by atoms with Crippen LogP contribution in [-0.4, -0.2) is 49.0 Å². The van der Waals surface area contributed by atoms with Crippen molar-refractivity contribution < 1.29 is 13.5 Å². The molecule has 2 rings (SSSR count). The molecule has 102 valence electrons. The van der Waals surface area contributed by atoms with Crippen molar-refractivity contribution in [1.29, 1.82) is 0 Å². The van der Waals surface area contributed by atoms with Gasteiger partial charge in [0.05, 0.1) is 4.90 Å². The van der Waals surface area contributed by atoms with Gasteiger partial charge in [0, 0.05) is 30.2 Å². The molecule has 0 amide bonds. The molecule has 0 spiro atoms. The lowest BCUT2D eigenvalue weighted by atomic mass is 10.2. The van der Waals surface area contributed by atoms with E-state index in [9.17, 15) is 8.42 Å². The molecule has 6 heteroatoms. The van der Waals surface area contributed by atoms with E-state index < -0.39 is 10.0 Å². The Hall–Kier alpha value is -1.00. The second kappa shape index (κ2) is 6.44. The highest BCUT2D eigenvalue weighted by Crippen LogP contribution is 2.20. The number of hydrogen-bond acceptors (Lipinski definition) is 4. The lowest BCUT2D eigenvalue weighted by Gasteiger charge is -2.25. The molecule has 0 bridgehead atoms. The van der Waals surface area contributed by atoms with Gasteiger partial charge >= 0.3 is 0 Å². The van der Waals surface area contributed by atoms with Crippen molar-refractivity contribution in [3.05, 3.63) is 29.8 Å². The third-order valence-electron chi connectivity index (χ3n) is 2.77. The van der Waals surface area contributed by atoms with Crippen LogP contribution >= 0.6 is 11.8 Å². The predicted octanol–water partition coefficient (Wildman–Crippen LogP) is 0.768. The minimum absolute atomic E-state index is 0.203. The second-order valence-electron chi connectivity index (χ2n) is 4.00. The molecule has 4 nitrogen and oxygen atoms in total. The first-order chi connectivity index (χ1) is 9.14. The molecule has 1 aliphatic heterocycles. The van der Waals surface area contributed by atoms with E-state index in [2.05, 4.69) is 11.8 Å². The zero-order valence-corrected chi connectivity index (χ0v) is 12.0. The molecule has 0 saturated carbocycles. The number of benzene rings is 1. The summed E-state index contributed by atoms with van der Waals surface area (Å²) in [6.45, 7) is 0.934. The van der Waals surface area contributed by atoms with Gasteiger partial charge in [-0.1, -0.05) is 11.8 Å². The maximum atomic E-state index is 12.4. The number of sulfonamides is 1. The van der Waals surface area contributed by atoms with E-state index >= 15 is 0 Å². The summed E-state index contributed by atoms with van der Waals surface area (Å²) < 4.78 is 26.2. The summed E-state index contributed by atoms with van der Waals surface area (Å²) in [6.07, 6.45) is 0. The molecule has 0 unspecified atom stereocenters. The van der Waals surface area contributed by atoms with Gasteiger partial charge in [0.2, 0.25) is 10.0 Å². The number of thioether (sulfide) groups is 1. The van der Waals surface area contributed by atoms with Gasteiger partial charge in [-0.3, -0.25) is 0 Å². The van der Waals surface area contributed by atoms with Crippen molar-refractivity contribution in [1.82, 2.24) is 4.31 Å². The predicted molar refractivity (Wildman–Crippen MR) is 76.5 cm³/mol. The Bertz CT molecular complexity index is 579. The lowest BCUT2D eigenvalue weighted by molar-refractivity contribution is 0.350. The molecule has 1 fully saturated rings. The van der Waals surface area contributed by atoms with Crippen LogP contribution in [-0.2, 0) is 10.0 Å². The fourth-order valence-corrected chi connectivity index (χ4v) is 4.36. The van der Waals surface area contributed by atoms with Gasteiger partial charge < -0.3 is 5.11 Å². The van der Waals surface area contributed by atoms with Gasteiger partial charge in [0.1, 0.15) is 6.61 Å². The maximum Gasteiger partial charge on any atom is 0.243 e. The van der Waals surface area contributed by atoms with Gasteiger partial charge in [-0.05, 0) is 24.3 Å². The van der Waals surface area contributed by atoms with Crippen LogP contribution in [0.4, 0.5) is 0 Å². The minimum Gasteiger partial charge on any atom is -0.384 e. The summed E-state index contributed by atoms with van der Waals surface area (Å²) in [5.41, 5.74) is 0.696. The summed E-state index contributed by atoms with van der Waals surface area (Å²) in [5.74, 6) is 6.96. The van der Waals surface area contributed by atoms with Crippen LogP contribution in [0, 0.1) is 11.8 Å². The molecule has 0 aliphatic carbocycles. The van der Waals surface area contributed by atoms with Crippen molar-refractivity contribution >= 4 is 21.8 Å². The summed E-state index contributed by atoms with van der Waals surface area (Å²) >= 11 is 1.77. The zero-order valence-electron chi connectivity index (χ0n) is 10.4. The van der Waals surface area contributed by atoms with Crippen LogP contribution in [0.3, 0.4) is 0 Å². The van der Waals surface area contributed by atoms with E-state index in [0.717, 1.165) is 11.5 Å². The van der Waals surface area contributed by atoms with E-state index in [-0.39, 0.29) is 6.61 Å². The Balaban J connectivity index is 2.20. The average molecular weight is 297 g/mol. The average Bonchev–Trinajstić information content (AvgIpc) is 2.46. The molecule has 1 heterocycles. The zero-order chi connectivity index (χ0) is 13.7. The van der Waals surface area contributed by atoms with Gasteiger partial charge in [0.15, 0.2) is 0 Å². The Morgan fingerprint density at radius 2 is 1.84 bits per heavy atom. The van der Waals surface area contributed by atoms with Crippen LogP contribution in [0.1, 0.15) is 5.56 Å². The Morgan fingerprint density at radius 1 is 1.21 bits per heavy atom. The van der Waals surface area contributed by atoms with E-state index in [1.165, 1.54) is 4.31 Å². The SMILES string of the molecule is O=S(=O)(c1ccc(C#CCO)cc1)N1CCSCC1. The fourth-order valence-electron chi connectivity index (χ4n) is 1.79. The molecule has 1 N–H and O–H groups in total. The van der Waals surface area contributed by atoms with Crippen LogP contribution in [0.5, 0.6) is 0 Å². The van der Waals surface area contributed by atoms with Crippen molar-refractivity contribution in [3.8, 4) is 11.8 Å². The fraction of sp³-hybridized carbons (Fsp3) is 0.385. The molecule has 1 saturated heterocycles. The van der Waals surface area contributed by atoms with Gasteiger partial charge in [-0.25, -0.2) is 8.42 Å². The van der Waals surface area contributed by atoms with Crippen LogP contribution < -0.4 is 0 Å². The summed E-state index contributed by atoms with van der Waals surface area (Å²) in [4.78, 5) is 0.300. The molecule has 1 aromatic rings. The number of hydrogen-bond donors (Lipinski definition) is 1. The van der Waals surface area contributed by atoms with E-state index in [0.29, 0.717) is 23.5 Å². The van der Waals surface area contributed by atoms with Gasteiger partial charge in [0.25, 0.3) is 0 Å². The van der Waals surface area contributed by atoms with Gasteiger partial charge in [-0.2, -0.15) is 16.1 Å². The molecular weight excluding hydrogens is 282 g/mol. The van der Waals surface area contributed by atoms with E-state index in [1.54, 1.807) is 36.0 Å². The van der Waals surface area contributed by atoms with Crippen LogP contribution in [0.25, 0.3) is 0 Å². The normalized spacial score (nSPS) is 16.7. The van der Waals surface area contributed by atoms with Crippen molar-refractivity contribution in [2.45, 2.75) is 4.90 Å². The standard InChI is InChI=1S/C13H15NO3S2/c15-9-1-2-12-3-5-13(6-4-12)19(16,17)14-7-10-18-11-8-14/h3-6,15H,7-11H2. The maximum absolute atomic E-state index is 12.4. The number of aliphatic hydroxyl groups excluding tert-OH is 1.